The Balaban J connectivity index is 1.16. The number of furan rings is 1. The molecule has 0 N–H and O–H groups in total. The van der Waals surface area contributed by atoms with Crippen molar-refractivity contribution in [3.8, 4) is 16.8 Å². The van der Waals surface area contributed by atoms with Crippen LogP contribution in [-0.2, 0) is 5.41 Å². The van der Waals surface area contributed by atoms with Crippen molar-refractivity contribution in [1.82, 2.24) is 9.27 Å². The summed E-state index contributed by atoms with van der Waals surface area (Å²) in [4.78, 5) is 18.1. The minimum Gasteiger partial charge on any atom is -0.456 e. The normalized spacial score (nSPS) is 23.1. The van der Waals surface area contributed by atoms with Crippen LogP contribution in [0.25, 0.3) is 38.8 Å². The average Bonchev–Trinajstić information content (AvgIpc) is 3.90. The highest BCUT2D eigenvalue weighted by atomic mass is 16.3. The van der Waals surface area contributed by atoms with Crippen molar-refractivity contribution in [2.75, 3.05) is 4.90 Å². The summed E-state index contributed by atoms with van der Waals surface area (Å²) in [5.74, 6) is 2.26. The van der Waals surface area contributed by atoms with Gasteiger partial charge in [-0.05, 0) is 114 Å². The lowest BCUT2D eigenvalue weighted by Crippen LogP contribution is -2.57. The number of nitrogens with zero attached hydrogens (tertiary/aromatic N) is 3. The molecule has 260 valence electrons. The van der Waals surface area contributed by atoms with Crippen LogP contribution in [0.2, 0.25) is 0 Å². The van der Waals surface area contributed by atoms with Crippen molar-refractivity contribution < 1.29 is 4.42 Å². The molecule has 2 saturated carbocycles. The van der Waals surface area contributed by atoms with E-state index < -0.39 is 5.41 Å². The van der Waals surface area contributed by atoms with Gasteiger partial charge >= 0.3 is 6.85 Å². The Kier molecular flexibility index (Phi) is 4.79. The number of para-hydroxylation sites is 2. The van der Waals surface area contributed by atoms with Gasteiger partial charge in [0, 0.05) is 38.9 Å². The van der Waals surface area contributed by atoms with Gasteiger partial charge in [-0.3, -0.25) is 14.1 Å². The zero-order chi connectivity index (χ0) is 35.5. The fourth-order valence-electron chi connectivity index (χ4n) is 13.7. The van der Waals surface area contributed by atoms with Gasteiger partial charge in [0.15, 0.2) is 0 Å². The van der Waals surface area contributed by atoms with Crippen molar-refractivity contribution in [3.05, 3.63) is 165 Å². The summed E-state index contributed by atoms with van der Waals surface area (Å²) in [6, 6.07) is 45.0. The summed E-state index contributed by atoms with van der Waals surface area (Å²) < 4.78 is 11.7. The maximum Gasteiger partial charge on any atom is 0.361 e. The topological polar surface area (TPSA) is 43.3 Å². The van der Waals surface area contributed by atoms with E-state index in [0.29, 0.717) is 11.8 Å². The second kappa shape index (κ2) is 9.26. The first kappa shape index (κ1) is 28.4. The van der Waals surface area contributed by atoms with Gasteiger partial charge in [0.05, 0.1) is 28.2 Å². The molecule has 55 heavy (non-hydrogen) atoms. The second-order valence-corrected chi connectivity index (χ2v) is 17.5. The van der Waals surface area contributed by atoms with Crippen molar-refractivity contribution >= 4 is 56.8 Å². The van der Waals surface area contributed by atoms with Crippen molar-refractivity contribution in [3.63, 3.8) is 0 Å². The lowest BCUT2D eigenvalue weighted by Gasteiger charge is -2.48. The van der Waals surface area contributed by atoms with Crippen LogP contribution in [0.3, 0.4) is 0 Å². The molecule has 1 spiro atoms. The van der Waals surface area contributed by atoms with Crippen LogP contribution in [0, 0.1) is 11.8 Å². The highest BCUT2D eigenvalue weighted by molar-refractivity contribution is 6.90. The molecule has 5 nitrogen and oxygen atoms in total. The van der Waals surface area contributed by atoms with Crippen molar-refractivity contribution in [1.29, 1.82) is 0 Å². The summed E-state index contributed by atoms with van der Waals surface area (Å²) in [5, 5.41) is 2.23. The van der Waals surface area contributed by atoms with Gasteiger partial charge in [-0.15, -0.1) is 0 Å². The third kappa shape index (κ3) is 3.00. The molecule has 2 unspecified atom stereocenters. The minimum atomic E-state index is -0.577. The van der Waals surface area contributed by atoms with E-state index in [0.717, 1.165) is 74.7 Å². The first-order valence-electron chi connectivity index (χ1n) is 20.3. The Morgan fingerprint density at radius 2 is 1.25 bits per heavy atom. The second-order valence-electron chi connectivity index (χ2n) is 17.5. The number of aromatic nitrogens is 2. The van der Waals surface area contributed by atoms with Crippen LogP contribution >= 0.6 is 0 Å². The third-order valence-electron chi connectivity index (χ3n) is 15.2. The summed E-state index contributed by atoms with van der Waals surface area (Å²) in [6.07, 6.45) is 6.09. The first-order valence-corrected chi connectivity index (χ1v) is 20.3. The van der Waals surface area contributed by atoms with Crippen LogP contribution in [-0.4, -0.2) is 16.1 Å². The Morgan fingerprint density at radius 3 is 2.05 bits per heavy atom. The summed E-state index contributed by atoms with van der Waals surface area (Å²) in [5.41, 5.74) is 18.6. The van der Waals surface area contributed by atoms with Gasteiger partial charge in [-0.2, -0.15) is 0 Å². The van der Waals surface area contributed by atoms with E-state index in [2.05, 4.69) is 136 Å². The Morgan fingerprint density at radius 1 is 0.600 bits per heavy atom. The molecule has 0 amide bonds. The number of benzene rings is 6. The van der Waals surface area contributed by atoms with E-state index in [1.165, 1.54) is 69.5 Å². The van der Waals surface area contributed by atoms with E-state index in [1.807, 2.05) is 0 Å². The van der Waals surface area contributed by atoms with Crippen LogP contribution in [0.5, 0.6) is 0 Å². The van der Waals surface area contributed by atoms with E-state index >= 15 is 4.79 Å². The minimum absolute atomic E-state index is 0.221. The maximum atomic E-state index is 15.5. The molecule has 8 aromatic rings. The first-order chi connectivity index (χ1) is 27.2. The Labute approximate surface area is 317 Å². The standard InChI is InChI=1S/C49H34BN3O2/c54-48-42-28-21-26-20-27(22-28)24-29(23-26)45(42)52-40-18-9-17-39-43(40)50(53(48)52)44-46-37(25-33-32-12-3-8-19-41(32)55-47(33)44)49(36-15-6-7-16-38(36)51(39)46)34-13-4-1-10-30(34)31-11-2-5-14-35(31)49/h1-19,25-29H,20-24H2. The highest BCUT2D eigenvalue weighted by Gasteiger charge is 2.58. The van der Waals surface area contributed by atoms with E-state index in [9.17, 15) is 0 Å². The number of rotatable bonds is 0. The van der Waals surface area contributed by atoms with Crippen molar-refractivity contribution in [2.45, 2.75) is 49.4 Å². The summed E-state index contributed by atoms with van der Waals surface area (Å²) in [7, 11) is 0. The molecule has 2 aromatic heterocycles. The Hall–Kier alpha value is -6.01. The van der Waals surface area contributed by atoms with E-state index in [1.54, 1.807) is 0 Å². The van der Waals surface area contributed by atoms with Gasteiger partial charge in [-0.1, -0.05) is 91.0 Å². The summed E-state index contributed by atoms with van der Waals surface area (Å²) in [6.45, 7) is -0.315. The van der Waals surface area contributed by atoms with Gasteiger partial charge in [-0.25, -0.2) is 0 Å². The zero-order valence-corrected chi connectivity index (χ0v) is 30.1. The molecule has 16 rings (SSSR count). The number of hydrogen-bond donors (Lipinski definition) is 0. The van der Waals surface area contributed by atoms with E-state index in [-0.39, 0.29) is 12.4 Å². The molecule has 8 aliphatic rings. The fraction of sp³-hybridized carbons (Fsp3) is 0.204. The smallest absolute Gasteiger partial charge is 0.361 e. The lowest BCUT2D eigenvalue weighted by atomic mass is 9.46. The number of anilines is 3. The molecule has 5 heterocycles. The van der Waals surface area contributed by atoms with Crippen LogP contribution in [0.15, 0.2) is 131 Å². The van der Waals surface area contributed by atoms with Crippen LogP contribution in [0.4, 0.5) is 17.1 Å². The molecule has 6 heteroatoms. The Bertz CT molecular complexity index is 3120. The molecular weight excluding hydrogens is 673 g/mol. The fourth-order valence-corrected chi connectivity index (χ4v) is 13.7. The molecule has 4 bridgehead atoms. The molecule has 5 aliphatic carbocycles. The van der Waals surface area contributed by atoms with Crippen LogP contribution < -0.4 is 21.4 Å². The monoisotopic (exact) mass is 707 g/mol. The SMILES string of the molecule is O=c1c2c(n3n1B1c4c(cccc4-3)N3c4ccccc4C4(c5ccccc5-c5ccccc54)c4cc5c(oc6ccccc65)c1c43)C1CC3CC(CC2C3)C1. The van der Waals surface area contributed by atoms with Gasteiger partial charge in [0.1, 0.15) is 11.2 Å². The predicted octanol–water partition coefficient (Wildman–Crippen LogP) is 9.36. The van der Waals surface area contributed by atoms with Crippen molar-refractivity contribution in [2.24, 2.45) is 11.8 Å². The molecule has 3 aliphatic heterocycles. The van der Waals surface area contributed by atoms with Gasteiger partial charge in [0.25, 0.3) is 5.56 Å². The predicted molar refractivity (Wildman–Crippen MR) is 219 cm³/mol. The van der Waals surface area contributed by atoms with Crippen LogP contribution in [0.1, 0.15) is 77.5 Å². The molecule has 0 radical (unpaired) electrons. The molecule has 0 saturated heterocycles. The van der Waals surface area contributed by atoms with E-state index in [4.69, 9.17) is 4.42 Å². The quantitative estimate of drug-likeness (QED) is 0.148. The maximum absolute atomic E-state index is 15.5. The zero-order valence-electron chi connectivity index (χ0n) is 30.1. The summed E-state index contributed by atoms with van der Waals surface area (Å²) >= 11 is 0. The third-order valence-corrected chi connectivity index (χ3v) is 15.2. The largest absolute Gasteiger partial charge is 0.456 e. The number of fused-ring (bicyclic) bond motifs is 18. The van der Waals surface area contributed by atoms with Gasteiger partial charge in [0.2, 0.25) is 0 Å². The molecular formula is C49H34BN3O2. The number of hydrogen-bond acceptors (Lipinski definition) is 3. The van der Waals surface area contributed by atoms with Gasteiger partial charge < -0.3 is 9.32 Å². The highest BCUT2D eigenvalue weighted by Crippen LogP contribution is 2.64. The molecule has 6 aromatic carbocycles. The average molecular weight is 708 g/mol. The molecule has 2 fully saturated rings. The molecule has 2 atom stereocenters. The lowest BCUT2D eigenvalue weighted by molar-refractivity contribution is 0.163.